The second-order valence-corrected chi connectivity index (χ2v) is 5.45. The molecule has 2 heterocycles. The van der Waals surface area contributed by atoms with Gasteiger partial charge >= 0.3 is 11.9 Å². The third-order valence-corrected chi connectivity index (χ3v) is 4.22. The molecule has 1 saturated carbocycles. The molecule has 0 amide bonds. The molecular formula is C11H10ClN3O4. The number of aromatic nitrogens is 2. The van der Waals surface area contributed by atoms with E-state index in [9.17, 15) is 19.8 Å². The number of anilines is 1. The number of hydrogen-bond donors (Lipinski definition) is 2. The van der Waals surface area contributed by atoms with Crippen LogP contribution in [0.3, 0.4) is 0 Å². The minimum Gasteiger partial charge on any atom is -0.481 e. The van der Waals surface area contributed by atoms with E-state index in [-0.39, 0.29) is 19.5 Å². The van der Waals surface area contributed by atoms with Crippen LogP contribution in [-0.2, 0) is 9.59 Å². The van der Waals surface area contributed by atoms with Gasteiger partial charge in [-0.2, -0.15) is 0 Å². The van der Waals surface area contributed by atoms with Crippen LogP contribution in [0.1, 0.15) is 6.42 Å². The molecule has 19 heavy (non-hydrogen) atoms. The number of nitrogens with zero attached hydrogens (tertiary/aromatic N) is 3. The van der Waals surface area contributed by atoms with Gasteiger partial charge in [-0.15, -0.1) is 0 Å². The van der Waals surface area contributed by atoms with Gasteiger partial charge in [0, 0.05) is 13.1 Å². The molecule has 1 aliphatic heterocycles. The Morgan fingerprint density at radius 3 is 2.05 bits per heavy atom. The van der Waals surface area contributed by atoms with Crippen LogP contribution >= 0.6 is 11.6 Å². The smallest absolute Gasteiger partial charge is 0.312 e. The lowest BCUT2D eigenvalue weighted by atomic mass is 9.97. The van der Waals surface area contributed by atoms with E-state index in [0.717, 1.165) is 0 Å². The maximum absolute atomic E-state index is 11.4. The number of halogens is 1. The highest BCUT2D eigenvalue weighted by atomic mass is 35.5. The van der Waals surface area contributed by atoms with E-state index < -0.39 is 22.8 Å². The molecule has 0 unspecified atom stereocenters. The number of aliphatic carboxylic acids is 2. The molecule has 1 saturated heterocycles. The van der Waals surface area contributed by atoms with Crippen molar-refractivity contribution in [1.82, 2.24) is 9.97 Å². The summed E-state index contributed by atoms with van der Waals surface area (Å²) in [6.07, 6.45) is 2.96. The Morgan fingerprint density at radius 1 is 1.16 bits per heavy atom. The summed E-state index contributed by atoms with van der Waals surface area (Å²) < 4.78 is 0. The summed E-state index contributed by atoms with van der Waals surface area (Å²) in [5, 5.41) is 18.9. The monoisotopic (exact) mass is 283 g/mol. The molecule has 1 aromatic rings. The van der Waals surface area contributed by atoms with Gasteiger partial charge in [0.1, 0.15) is 10.8 Å². The Bertz CT molecular complexity index is 550. The van der Waals surface area contributed by atoms with Gasteiger partial charge in [-0.05, 0) is 6.42 Å². The lowest BCUT2D eigenvalue weighted by Crippen LogP contribution is -2.29. The van der Waals surface area contributed by atoms with Crippen molar-refractivity contribution in [2.75, 3.05) is 18.0 Å². The number of carboxylic acid groups (broad SMARTS) is 2. The molecule has 1 aliphatic carbocycles. The van der Waals surface area contributed by atoms with Crippen LogP contribution in [-0.4, -0.2) is 45.2 Å². The zero-order chi connectivity index (χ0) is 13.8. The predicted octanol–water partition coefficient (Wildman–Crippen LogP) is 0.496. The van der Waals surface area contributed by atoms with Crippen LogP contribution in [0, 0.1) is 10.8 Å². The number of hydrogen-bond acceptors (Lipinski definition) is 5. The highest BCUT2D eigenvalue weighted by Gasteiger charge is 2.81. The fourth-order valence-electron chi connectivity index (χ4n) is 2.90. The largest absolute Gasteiger partial charge is 0.481 e. The maximum atomic E-state index is 11.4. The lowest BCUT2D eigenvalue weighted by molar-refractivity contribution is -0.151. The fraction of sp³-hybridized carbons (Fsp3) is 0.455. The molecular weight excluding hydrogens is 274 g/mol. The van der Waals surface area contributed by atoms with E-state index in [4.69, 9.17) is 11.6 Å². The molecule has 2 fully saturated rings. The first kappa shape index (κ1) is 12.2. The Kier molecular flexibility index (Phi) is 2.28. The zero-order valence-corrected chi connectivity index (χ0v) is 10.5. The minimum absolute atomic E-state index is 0.107. The van der Waals surface area contributed by atoms with Crippen LogP contribution in [0.4, 0.5) is 5.95 Å². The second-order valence-electron chi connectivity index (χ2n) is 5.01. The summed E-state index contributed by atoms with van der Waals surface area (Å²) in [7, 11) is 0. The van der Waals surface area contributed by atoms with Crippen molar-refractivity contribution in [3.05, 3.63) is 17.4 Å². The molecule has 8 heteroatoms. The second kappa shape index (κ2) is 3.57. The van der Waals surface area contributed by atoms with Crippen molar-refractivity contribution in [3.8, 4) is 0 Å². The average Bonchev–Trinajstić information content (AvgIpc) is 2.90. The minimum atomic E-state index is -1.22. The third kappa shape index (κ3) is 1.45. The van der Waals surface area contributed by atoms with E-state index in [1.807, 2.05) is 0 Å². The summed E-state index contributed by atoms with van der Waals surface area (Å²) in [6, 6.07) is 0. The van der Waals surface area contributed by atoms with Crippen molar-refractivity contribution in [2.24, 2.45) is 10.8 Å². The van der Waals surface area contributed by atoms with Crippen molar-refractivity contribution < 1.29 is 19.8 Å². The van der Waals surface area contributed by atoms with Gasteiger partial charge in [-0.3, -0.25) is 9.59 Å². The predicted molar refractivity (Wildman–Crippen MR) is 64.0 cm³/mol. The first-order valence-corrected chi connectivity index (χ1v) is 5.98. The van der Waals surface area contributed by atoms with Crippen molar-refractivity contribution in [1.29, 1.82) is 0 Å². The van der Waals surface area contributed by atoms with Crippen LogP contribution in [0.25, 0.3) is 0 Å². The van der Waals surface area contributed by atoms with E-state index in [0.29, 0.717) is 11.0 Å². The molecule has 2 atom stereocenters. The summed E-state index contributed by atoms with van der Waals surface area (Å²) >= 11 is 5.68. The van der Waals surface area contributed by atoms with Gasteiger partial charge < -0.3 is 15.1 Å². The number of fused-ring (bicyclic) bond motifs is 1. The van der Waals surface area contributed by atoms with Crippen LogP contribution in [0.5, 0.6) is 0 Å². The van der Waals surface area contributed by atoms with E-state index in [1.165, 1.54) is 12.4 Å². The van der Waals surface area contributed by atoms with E-state index >= 15 is 0 Å². The first-order chi connectivity index (χ1) is 8.91. The SMILES string of the molecule is O=C(O)[C@@]12CN(c3ncc(Cl)cn3)C[C@]1(C(=O)O)C2. The number of rotatable bonds is 3. The molecule has 3 rings (SSSR count). The topological polar surface area (TPSA) is 104 Å². The molecule has 0 spiro atoms. The first-order valence-electron chi connectivity index (χ1n) is 5.61. The maximum Gasteiger partial charge on any atom is 0.312 e. The van der Waals surface area contributed by atoms with Gasteiger partial charge in [0.2, 0.25) is 5.95 Å². The zero-order valence-electron chi connectivity index (χ0n) is 9.71. The Hall–Kier alpha value is -1.89. The number of carboxylic acids is 2. The molecule has 1 aromatic heterocycles. The quantitative estimate of drug-likeness (QED) is 0.832. The standard InChI is InChI=1S/C11H10ClN3O4/c12-6-1-13-9(14-2-6)15-4-10(7(16)17)3-11(10,5-15)8(18)19/h1-2H,3-5H2,(H,16,17)(H,18,19)/t10-,11+. The summed E-state index contributed by atoms with van der Waals surface area (Å²) in [6.45, 7) is 0.215. The van der Waals surface area contributed by atoms with Gasteiger partial charge in [-0.1, -0.05) is 11.6 Å². The van der Waals surface area contributed by atoms with E-state index in [1.54, 1.807) is 4.90 Å². The van der Waals surface area contributed by atoms with Gasteiger partial charge in [0.25, 0.3) is 0 Å². The van der Waals surface area contributed by atoms with Crippen molar-refractivity contribution in [2.45, 2.75) is 6.42 Å². The van der Waals surface area contributed by atoms with Crippen LogP contribution in [0.15, 0.2) is 12.4 Å². The lowest BCUT2D eigenvalue weighted by Gasteiger charge is -2.19. The molecule has 0 bridgehead atoms. The summed E-state index contributed by atoms with van der Waals surface area (Å²) in [5.41, 5.74) is -2.44. The normalized spacial score (nSPS) is 31.9. The number of piperidine rings is 1. The van der Waals surface area contributed by atoms with Crippen LogP contribution in [0.2, 0.25) is 5.02 Å². The van der Waals surface area contributed by atoms with Crippen molar-refractivity contribution >= 4 is 29.5 Å². The van der Waals surface area contributed by atoms with Crippen molar-refractivity contribution in [3.63, 3.8) is 0 Å². The Morgan fingerprint density at radius 2 is 1.63 bits per heavy atom. The highest BCUT2D eigenvalue weighted by molar-refractivity contribution is 6.30. The average molecular weight is 284 g/mol. The van der Waals surface area contributed by atoms with Gasteiger partial charge in [-0.25, -0.2) is 9.97 Å². The van der Waals surface area contributed by atoms with E-state index in [2.05, 4.69) is 9.97 Å². The molecule has 0 aromatic carbocycles. The summed E-state index contributed by atoms with van der Waals surface area (Å²) in [5.74, 6) is -1.85. The fourth-order valence-corrected chi connectivity index (χ4v) is 3.00. The molecule has 0 radical (unpaired) electrons. The van der Waals surface area contributed by atoms with Gasteiger partial charge in [0.15, 0.2) is 0 Å². The number of carbonyl (C=O) groups is 2. The van der Waals surface area contributed by atoms with Gasteiger partial charge in [0.05, 0.1) is 17.4 Å². The Labute approximate surface area is 112 Å². The highest BCUT2D eigenvalue weighted by Crippen LogP contribution is 2.68. The Balaban J connectivity index is 1.92. The molecule has 2 N–H and O–H groups in total. The molecule has 2 aliphatic rings. The molecule has 100 valence electrons. The van der Waals surface area contributed by atoms with Crippen LogP contribution < -0.4 is 4.90 Å². The molecule has 7 nitrogen and oxygen atoms in total. The summed E-state index contributed by atoms with van der Waals surface area (Å²) in [4.78, 5) is 32.3. The third-order valence-electron chi connectivity index (χ3n) is 4.02.